The van der Waals surface area contributed by atoms with Crippen molar-refractivity contribution >= 4 is 5.97 Å². The third-order valence-electron chi connectivity index (χ3n) is 3.24. The zero-order valence-electron chi connectivity index (χ0n) is 10.0. The van der Waals surface area contributed by atoms with Crippen LogP contribution in [0.1, 0.15) is 19.8 Å². The van der Waals surface area contributed by atoms with Crippen molar-refractivity contribution in [3.63, 3.8) is 0 Å². The highest BCUT2D eigenvalue weighted by atomic mass is 16.5. The van der Waals surface area contributed by atoms with Gasteiger partial charge in [-0.05, 0) is 38.4 Å². The van der Waals surface area contributed by atoms with E-state index in [1.165, 1.54) is 20.0 Å². The minimum atomic E-state index is -0.188. The molecule has 0 amide bonds. The Morgan fingerprint density at radius 2 is 2.07 bits per heavy atom. The van der Waals surface area contributed by atoms with Crippen LogP contribution in [-0.4, -0.2) is 51.2 Å². The number of hydrogen-bond acceptors (Lipinski definition) is 4. The van der Waals surface area contributed by atoms with Crippen LogP contribution in [0.4, 0.5) is 0 Å². The van der Waals surface area contributed by atoms with E-state index in [-0.39, 0.29) is 5.97 Å². The molecule has 0 radical (unpaired) electrons. The Morgan fingerprint density at radius 3 is 2.60 bits per heavy atom. The molecule has 0 aromatic heterocycles. The van der Waals surface area contributed by atoms with Crippen molar-refractivity contribution in [2.24, 2.45) is 5.41 Å². The van der Waals surface area contributed by atoms with Gasteiger partial charge in [-0.3, -0.25) is 4.79 Å². The molecule has 4 nitrogen and oxygen atoms in total. The lowest BCUT2D eigenvalue weighted by atomic mass is 9.80. The van der Waals surface area contributed by atoms with Gasteiger partial charge in [-0.2, -0.15) is 0 Å². The average molecular weight is 214 g/mol. The van der Waals surface area contributed by atoms with Gasteiger partial charge in [-0.1, -0.05) is 6.92 Å². The molecule has 1 rings (SSSR count). The van der Waals surface area contributed by atoms with Crippen molar-refractivity contribution in [3.8, 4) is 0 Å². The maximum atomic E-state index is 10.9. The highest BCUT2D eigenvalue weighted by Gasteiger charge is 2.28. The summed E-state index contributed by atoms with van der Waals surface area (Å²) in [5.41, 5.74) is 0.334. The molecule has 0 bridgehead atoms. The lowest BCUT2D eigenvalue weighted by molar-refractivity contribution is -0.139. The van der Waals surface area contributed by atoms with Crippen molar-refractivity contribution in [1.82, 2.24) is 10.2 Å². The van der Waals surface area contributed by atoms with E-state index < -0.39 is 0 Å². The molecular formula is C11H22N2O2. The van der Waals surface area contributed by atoms with Gasteiger partial charge in [0.15, 0.2) is 0 Å². The zero-order valence-corrected chi connectivity index (χ0v) is 10.0. The molecule has 0 aromatic carbocycles. The van der Waals surface area contributed by atoms with Gasteiger partial charge in [0, 0.05) is 6.54 Å². The van der Waals surface area contributed by atoms with Crippen LogP contribution in [0.15, 0.2) is 0 Å². The summed E-state index contributed by atoms with van der Waals surface area (Å²) in [6, 6.07) is 0. The summed E-state index contributed by atoms with van der Waals surface area (Å²) in [7, 11) is 3.57. The molecule has 4 heteroatoms. The summed E-state index contributed by atoms with van der Waals surface area (Å²) < 4.78 is 4.58. The summed E-state index contributed by atoms with van der Waals surface area (Å²) in [5, 5.41) is 3.17. The Kier molecular flexibility index (Phi) is 4.54. The van der Waals surface area contributed by atoms with E-state index in [0.29, 0.717) is 12.0 Å². The molecule has 0 spiro atoms. The Morgan fingerprint density at radius 1 is 1.47 bits per heavy atom. The molecule has 0 saturated carbocycles. The smallest absolute Gasteiger partial charge is 0.319 e. The highest BCUT2D eigenvalue weighted by Crippen LogP contribution is 2.29. The summed E-state index contributed by atoms with van der Waals surface area (Å²) in [5.74, 6) is -0.188. The van der Waals surface area contributed by atoms with Gasteiger partial charge >= 0.3 is 5.97 Å². The van der Waals surface area contributed by atoms with Crippen LogP contribution < -0.4 is 5.32 Å². The van der Waals surface area contributed by atoms with Gasteiger partial charge in [0.25, 0.3) is 0 Å². The number of carbonyl (C=O) groups excluding carboxylic acids is 1. The Balaban J connectivity index is 2.22. The van der Waals surface area contributed by atoms with E-state index in [2.05, 4.69) is 28.9 Å². The predicted molar refractivity (Wildman–Crippen MR) is 59.7 cm³/mol. The van der Waals surface area contributed by atoms with Crippen molar-refractivity contribution in [1.29, 1.82) is 0 Å². The Labute approximate surface area is 92.0 Å². The third-order valence-corrected chi connectivity index (χ3v) is 3.24. The van der Waals surface area contributed by atoms with Gasteiger partial charge < -0.3 is 15.0 Å². The summed E-state index contributed by atoms with van der Waals surface area (Å²) in [6.45, 7) is 5.80. The summed E-state index contributed by atoms with van der Waals surface area (Å²) in [4.78, 5) is 13.3. The second kappa shape index (κ2) is 5.47. The van der Waals surface area contributed by atoms with Crippen LogP contribution in [0, 0.1) is 5.41 Å². The molecular weight excluding hydrogens is 192 g/mol. The molecule has 0 atom stereocenters. The molecule has 0 aromatic rings. The van der Waals surface area contributed by atoms with Gasteiger partial charge in [-0.15, -0.1) is 0 Å². The molecule has 15 heavy (non-hydrogen) atoms. The van der Waals surface area contributed by atoms with Crippen molar-refractivity contribution < 1.29 is 9.53 Å². The number of likely N-dealkylation sites (tertiary alicyclic amines) is 1. The monoisotopic (exact) mass is 214 g/mol. The predicted octanol–water partition coefficient (Wildman–Crippen LogP) is 0.481. The topological polar surface area (TPSA) is 41.6 Å². The summed E-state index contributed by atoms with van der Waals surface area (Å²) in [6.07, 6.45) is 2.38. The van der Waals surface area contributed by atoms with Crippen LogP contribution in [0.3, 0.4) is 0 Å². The number of nitrogens with one attached hydrogen (secondary N) is 1. The van der Waals surface area contributed by atoms with Crippen LogP contribution in [0.25, 0.3) is 0 Å². The number of hydrogen-bond donors (Lipinski definition) is 1. The molecule has 1 saturated heterocycles. The molecule has 0 unspecified atom stereocenters. The number of esters is 1. The lowest BCUT2D eigenvalue weighted by Crippen LogP contribution is -2.43. The first-order valence-electron chi connectivity index (χ1n) is 5.52. The van der Waals surface area contributed by atoms with Crippen LogP contribution in [0.2, 0.25) is 0 Å². The number of carbonyl (C=O) groups is 1. The van der Waals surface area contributed by atoms with Gasteiger partial charge in [0.2, 0.25) is 0 Å². The lowest BCUT2D eigenvalue weighted by Gasteiger charge is -2.38. The molecule has 1 heterocycles. The first kappa shape index (κ1) is 12.5. The molecule has 1 fully saturated rings. The first-order chi connectivity index (χ1) is 7.06. The zero-order chi connectivity index (χ0) is 11.3. The maximum Gasteiger partial charge on any atom is 0.319 e. The number of piperidine rings is 1. The molecule has 88 valence electrons. The fourth-order valence-corrected chi connectivity index (χ4v) is 1.87. The van der Waals surface area contributed by atoms with Crippen molar-refractivity contribution in [2.45, 2.75) is 19.8 Å². The van der Waals surface area contributed by atoms with E-state index in [1.807, 2.05) is 0 Å². The first-order valence-corrected chi connectivity index (χ1v) is 5.52. The number of methoxy groups -OCH3 is 1. The van der Waals surface area contributed by atoms with E-state index >= 15 is 0 Å². The van der Waals surface area contributed by atoms with E-state index in [1.54, 1.807) is 0 Å². The van der Waals surface area contributed by atoms with Gasteiger partial charge in [0.1, 0.15) is 0 Å². The van der Waals surface area contributed by atoms with Crippen molar-refractivity contribution in [3.05, 3.63) is 0 Å². The highest BCUT2D eigenvalue weighted by molar-refractivity contribution is 5.71. The standard InChI is InChI=1S/C11H22N2O2/c1-11(4-6-13(2)7-5-11)9-12-8-10(14)15-3/h12H,4-9H2,1-3H3. The van der Waals surface area contributed by atoms with Gasteiger partial charge in [-0.25, -0.2) is 0 Å². The second-order valence-corrected chi connectivity index (χ2v) is 4.79. The number of rotatable bonds is 4. The third kappa shape index (κ3) is 4.18. The fraction of sp³-hybridized carbons (Fsp3) is 0.909. The summed E-state index contributed by atoms with van der Waals surface area (Å²) >= 11 is 0. The molecule has 0 aliphatic carbocycles. The molecule has 1 aliphatic rings. The van der Waals surface area contributed by atoms with Gasteiger partial charge in [0.05, 0.1) is 13.7 Å². The molecule has 1 N–H and O–H groups in total. The SMILES string of the molecule is COC(=O)CNCC1(C)CCN(C)CC1. The van der Waals surface area contributed by atoms with E-state index in [0.717, 1.165) is 19.6 Å². The van der Waals surface area contributed by atoms with Crippen molar-refractivity contribution in [2.75, 3.05) is 40.3 Å². The minimum Gasteiger partial charge on any atom is -0.468 e. The van der Waals surface area contributed by atoms with E-state index in [4.69, 9.17) is 0 Å². The second-order valence-electron chi connectivity index (χ2n) is 4.79. The fourth-order valence-electron chi connectivity index (χ4n) is 1.87. The number of nitrogens with zero attached hydrogens (tertiary/aromatic N) is 1. The largest absolute Gasteiger partial charge is 0.468 e. The van der Waals surface area contributed by atoms with E-state index in [9.17, 15) is 4.79 Å². The van der Waals surface area contributed by atoms with Crippen LogP contribution in [0.5, 0.6) is 0 Å². The van der Waals surface area contributed by atoms with Crippen LogP contribution >= 0.6 is 0 Å². The molecule has 1 aliphatic heterocycles. The normalized spacial score (nSPS) is 21.3. The number of ether oxygens (including phenoxy) is 1. The van der Waals surface area contributed by atoms with Crippen LogP contribution in [-0.2, 0) is 9.53 Å². The Bertz CT molecular complexity index is 211. The Hall–Kier alpha value is -0.610. The quantitative estimate of drug-likeness (QED) is 0.691. The minimum absolute atomic E-state index is 0.188. The average Bonchev–Trinajstić information content (AvgIpc) is 2.23. The maximum absolute atomic E-state index is 10.9.